The molecule has 0 spiro atoms. The molecule has 5 nitrogen and oxygen atoms in total. The van der Waals surface area contributed by atoms with Crippen molar-refractivity contribution in [2.45, 2.75) is 25.3 Å². The average molecular weight is 244 g/mol. The van der Waals surface area contributed by atoms with Gasteiger partial charge in [0.1, 0.15) is 11.6 Å². The van der Waals surface area contributed by atoms with E-state index < -0.39 is 0 Å². The first-order valence-corrected chi connectivity index (χ1v) is 6.09. The molecule has 0 saturated carbocycles. The third-order valence-corrected chi connectivity index (χ3v) is 3.47. The monoisotopic (exact) mass is 244 g/mol. The lowest BCUT2D eigenvalue weighted by Gasteiger charge is -2.22. The average Bonchev–Trinajstić information content (AvgIpc) is 2.78. The third-order valence-electron chi connectivity index (χ3n) is 3.47. The minimum atomic E-state index is 0.375. The van der Waals surface area contributed by atoms with Gasteiger partial charge in [0.25, 0.3) is 0 Å². The Balaban J connectivity index is 1.82. The van der Waals surface area contributed by atoms with Gasteiger partial charge in [0, 0.05) is 13.0 Å². The van der Waals surface area contributed by atoms with Crippen LogP contribution in [0.1, 0.15) is 23.7 Å². The van der Waals surface area contributed by atoms with Gasteiger partial charge in [-0.25, -0.2) is 4.68 Å². The molecule has 94 valence electrons. The zero-order valence-corrected chi connectivity index (χ0v) is 10.3. The second-order valence-corrected chi connectivity index (χ2v) is 4.57. The van der Waals surface area contributed by atoms with Gasteiger partial charge in [0.05, 0.1) is 7.11 Å². The van der Waals surface area contributed by atoms with Crippen molar-refractivity contribution in [2.24, 2.45) is 0 Å². The fourth-order valence-corrected chi connectivity index (χ4v) is 2.48. The van der Waals surface area contributed by atoms with E-state index in [9.17, 15) is 0 Å². The van der Waals surface area contributed by atoms with Crippen molar-refractivity contribution >= 4 is 5.95 Å². The molecule has 0 fully saturated rings. The van der Waals surface area contributed by atoms with Crippen LogP contribution in [0.3, 0.4) is 0 Å². The van der Waals surface area contributed by atoms with Crippen molar-refractivity contribution < 1.29 is 4.74 Å². The van der Waals surface area contributed by atoms with Crippen molar-refractivity contribution in [3.05, 3.63) is 35.7 Å². The molecule has 0 aliphatic carbocycles. The topological polar surface area (TPSA) is 66.0 Å². The molecule has 5 heteroatoms. The van der Waals surface area contributed by atoms with Crippen LogP contribution in [0.5, 0.6) is 5.75 Å². The summed E-state index contributed by atoms with van der Waals surface area (Å²) in [5, 5.41) is 4.17. The summed E-state index contributed by atoms with van der Waals surface area (Å²) in [5.74, 6) is 2.74. The van der Waals surface area contributed by atoms with Crippen LogP contribution in [0.4, 0.5) is 5.95 Å². The van der Waals surface area contributed by atoms with Crippen LogP contribution in [0.2, 0.25) is 0 Å². The van der Waals surface area contributed by atoms with E-state index in [0.717, 1.165) is 31.0 Å². The highest BCUT2D eigenvalue weighted by Gasteiger charge is 2.22. The molecule has 18 heavy (non-hydrogen) atoms. The standard InChI is InChI=1S/C13H16N4O/c1-18-11-4-2-9(3-5-11)10-6-7-17-12(8-10)15-13(14)16-17/h2-5,10H,6-8H2,1H3,(H2,14,16). The van der Waals surface area contributed by atoms with Crippen LogP contribution in [-0.2, 0) is 13.0 Å². The maximum absolute atomic E-state index is 5.62. The second kappa shape index (κ2) is 4.33. The largest absolute Gasteiger partial charge is 0.497 e. The summed E-state index contributed by atoms with van der Waals surface area (Å²) in [6.07, 6.45) is 1.97. The minimum absolute atomic E-state index is 0.375. The van der Waals surface area contributed by atoms with Gasteiger partial charge in [0.15, 0.2) is 0 Å². The Morgan fingerprint density at radius 1 is 1.33 bits per heavy atom. The number of hydrogen-bond acceptors (Lipinski definition) is 4. The van der Waals surface area contributed by atoms with Gasteiger partial charge < -0.3 is 10.5 Å². The smallest absolute Gasteiger partial charge is 0.239 e. The van der Waals surface area contributed by atoms with Crippen LogP contribution in [0.15, 0.2) is 24.3 Å². The quantitative estimate of drug-likeness (QED) is 0.871. The third kappa shape index (κ3) is 1.92. The molecular weight excluding hydrogens is 228 g/mol. The Morgan fingerprint density at radius 2 is 2.11 bits per heavy atom. The Hall–Kier alpha value is -2.04. The highest BCUT2D eigenvalue weighted by Crippen LogP contribution is 2.29. The predicted octanol–water partition coefficient (Wildman–Crippen LogP) is 1.60. The van der Waals surface area contributed by atoms with E-state index in [2.05, 4.69) is 22.2 Å². The van der Waals surface area contributed by atoms with Gasteiger partial charge in [0.2, 0.25) is 5.95 Å². The molecular formula is C13H16N4O. The molecule has 1 aromatic heterocycles. The van der Waals surface area contributed by atoms with E-state index in [4.69, 9.17) is 10.5 Å². The summed E-state index contributed by atoms with van der Waals surface area (Å²) in [5.41, 5.74) is 6.94. The lowest BCUT2D eigenvalue weighted by Crippen LogP contribution is -2.19. The molecule has 2 heterocycles. The van der Waals surface area contributed by atoms with Crippen molar-refractivity contribution in [1.82, 2.24) is 14.8 Å². The lowest BCUT2D eigenvalue weighted by molar-refractivity contribution is 0.413. The first-order valence-electron chi connectivity index (χ1n) is 6.09. The van der Waals surface area contributed by atoms with Gasteiger partial charge in [-0.1, -0.05) is 12.1 Å². The number of nitrogens with zero attached hydrogens (tertiary/aromatic N) is 3. The number of hydrogen-bond donors (Lipinski definition) is 1. The number of benzene rings is 1. The summed E-state index contributed by atoms with van der Waals surface area (Å²) in [6, 6.07) is 8.25. The van der Waals surface area contributed by atoms with Crippen LogP contribution >= 0.6 is 0 Å². The Kier molecular flexibility index (Phi) is 2.66. The van der Waals surface area contributed by atoms with Gasteiger partial charge in [-0.15, -0.1) is 5.10 Å². The fourth-order valence-electron chi connectivity index (χ4n) is 2.48. The molecule has 2 aromatic rings. The van der Waals surface area contributed by atoms with Crippen molar-refractivity contribution in [2.75, 3.05) is 12.8 Å². The van der Waals surface area contributed by atoms with E-state index in [1.54, 1.807) is 7.11 Å². The number of fused-ring (bicyclic) bond motifs is 1. The predicted molar refractivity (Wildman–Crippen MR) is 68.5 cm³/mol. The molecule has 1 atom stereocenters. The SMILES string of the molecule is COc1ccc(C2CCn3nc(N)nc3C2)cc1. The molecule has 1 aliphatic heterocycles. The normalized spacial score (nSPS) is 18.4. The summed E-state index contributed by atoms with van der Waals surface area (Å²) in [4.78, 5) is 4.27. The Labute approximate surface area is 106 Å². The van der Waals surface area contributed by atoms with Gasteiger partial charge >= 0.3 is 0 Å². The Bertz CT molecular complexity index is 547. The molecule has 0 amide bonds. The summed E-state index contributed by atoms with van der Waals surface area (Å²) < 4.78 is 7.09. The number of anilines is 1. The lowest BCUT2D eigenvalue weighted by atomic mass is 9.90. The van der Waals surface area contributed by atoms with E-state index in [0.29, 0.717) is 11.9 Å². The van der Waals surface area contributed by atoms with Crippen LogP contribution in [0.25, 0.3) is 0 Å². The number of aromatic nitrogens is 3. The van der Waals surface area contributed by atoms with E-state index in [1.165, 1.54) is 5.56 Å². The molecule has 0 bridgehead atoms. The molecule has 1 unspecified atom stereocenters. The first kappa shape index (κ1) is 11.1. The summed E-state index contributed by atoms with van der Waals surface area (Å²) in [7, 11) is 1.68. The van der Waals surface area contributed by atoms with Crippen molar-refractivity contribution in [1.29, 1.82) is 0 Å². The zero-order chi connectivity index (χ0) is 12.5. The number of aryl methyl sites for hydroxylation is 1. The second-order valence-electron chi connectivity index (χ2n) is 4.57. The van der Waals surface area contributed by atoms with Crippen LogP contribution in [0, 0.1) is 0 Å². The fraction of sp³-hybridized carbons (Fsp3) is 0.385. The summed E-state index contributed by atoms with van der Waals surface area (Å²) in [6.45, 7) is 0.885. The molecule has 0 radical (unpaired) electrons. The van der Waals surface area contributed by atoms with Gasteiger partial charge in [-0.05, 0) is 30.0 Å². The maximum Gasteiger partial charge on any atom is 0.239 e. The van der Waals surface area contributed by atoms with Gasteiger partial charge in [-0.2, -0.15) is 4.98 Å². The number of nitrogens with two attached hydrogens (primary N) is 1. The molecule has 0 saturated heterocycles. The van der Waals surface area contributed by atoms with Crippen LogP contribution in [-0.4, -0.2) is 21.9 Å². The number of rotatable bonds is 2. The minimum Gasteiger partial charge on any atom is -0.497 e. The van der Waals surface area contributed by atoms with Crippen molar-refractivity contribution in [3.8, 4) is 5.75 Å². The number of methoxy groups -OCH3 is 1. The van der Waals surface area contributed by atoms with Gasteiger partial charge in [-0.3, -0.25) is 0 Å². The molecule has 1 aromatic carbocycles. The maximum atomic E-state index is 5.62. The Morgan fingerprint density at radius 3 is 2.83 bits per heavy atom. The van der Waals surface area contributed by atoms with Crippen molar-refractivity contribution in [3.63, 3.8) is 0 Å². The van der Waals surface area contributed by atoms with E-state index in [1.807, 2.05) is 16.8 Å². The van der Waals surface area contributed by atoms with E-state index >= 15 is 0 Å². The zero-order valence-electron chi connectivity index (χ0n) is 10.3. The van der Waals surface area contributed by atoms with Crippen LogP contribution < -0.4 is 10.5 Å². The highest BCUT2D eigenvalue weighted by atomic mass is 16.5. The first-order chi connectivity index (χ1) is 8.76. The molecule has 3 rings (SSSR count). The summed E-state index contributed by atoms with van der Waals surface area (Å²) >= 11 is 0. The molecule has 1 aliphatic rings. The molecule has 2 N–H and O–H groups in total. The number of ether oxygens (including phenoxy) is 1. The highest BCUT2D eigenvalue weighted by molar-refractivity contribution is 5.30. The van der Waals surface area contributed by atoms with E-state index in [-0.39, 0.29) is 0 Å². The number of nitrogen functional groups attached to an aromatic ring is 1.